The first kappa shape index (κ1) is 37.5. The van der Waals surface area contributed by atoms with E-state index in [1.54, 1.807) is 26.2 Å². The molecule has 0 bridgehead atoms. The Bertz CT molecular complexity index is 1510. The summed E-state index contributed by atoms with van der Waals surface area (Å²) < 4.78 is 40.8. The van der Waals surface area contributed by atoms with Crippen LogP contribution in [-0.2, 0) is 52.4 Å². The maximum absolute atomic E-state index is 13.8. The fraction of sp³-hybridized carbons (Fsp3) is 0.694. The third-order valence-electron chi connectivity index (χ3n) is 12.4. The van der Waals surface area contributed by atoms with Gasteiger partial charge in [0.15, 0.2) is 6.10 Å². The van der Waals surface area contributed by atoms with E-state index in [1.165, 1.54) is 20.3 Å². The molecule has 1 aromatic rings. The van der Waals surface area contributed by atoms with E-state index in [4.69, 9.17) is 32.8 Å². The van der Waals surface area contributed by atoms with Gasteiger partial charge in [-0.15, -0.1) is 0 Å². The maximum atomic E-state index is 13.8. The molecule has 13 atom stereocenters. The zero-order valence-corrected chi connectivity index (χ0v) is 29.5. The Morgan fingerprint density at radius 2 is 1.96 bits per heavy atom. The van der Waals surface area contributed by atoms with E-state index < -0.39 is 107 Å². The van der Waals surface area contributed by atoms with Crippen molar-refractivity contribution in [1.29, 1.82) is 0 Å². The van der Waals surface area contributed by atoms with Gasteiger partial charge in [-0.25, -0.2) is 4.79 Å². The summed E-state index contributed by atoms with van der Waals surface area (Å²) in [4.78, 5) is 65.1. The van der Waals surface area contributed by atoms with Crippen LogP contribution < -0.4 is 0 Å². The molecule has 0 radical (unpaired) electrons. The lowest BCUT2D eigenvalue weighted by molar-refractivity contribution is -0.224. The Morgan fingerprint density at radius 3 is 2.52 bits per heavy atom. The monoisotopic (exact) mass is 704 g/mol. The summed E-state index contributed by atoms with van der Waals surface area (Å²) in [5.41, 5.74) is -4.41. The molecule has 2 saturated carbocycles. The number of cyclic esters (lactones) is 1. The molecule has 4 fully saturated rings. The number of methoxy groups -OCH3 is 1. The van der Waals surface area contributed by atoms with Gasteiger partial charge >= 0.3 is 23.9 Å². The van der Waals surface area contributed by atoms with Gasteiger partial charge in [0.1, 0.15) is 29.5 Å². The largest absolute Gasteiger partial charge is 0.472 e. The highest BCUT2D eigenvalue weighted by Crippen LogP contribution is 2.76. The number of esters is 4. The van der Waals surface area contributed by atoms with Crippen LogP contribution in [0.1, 0.15) is 78.7 Å². The Labute approximate surface area is 290 Å². The van der Waals surface area contributed by atoms with E-state index >= 15 is 0 Å². The first-order chi connectivity index (χ1) is 23.5. The molecule has 2 aliphatic carbocycles. The quantitative estimate of drug-likeness (QED) is 0.0942. The highest BCUT2D eigenvalue weighted by atomic mass is 16.6. The maximum Gasteiger partial charge on any atom is 0.335 e. The number of aliphatic hydroxyl groups excluding tert-OH is 2. The molecule has 14 nitrogen and oxygen atoms in total. The number of aliphatic hydroxyl groups is 2. The van der Waals surface area contributed by atoms with E-state index in [0.717, 1.165) is 12.5 Å². The standard InChI is InChI=1S/C36H48O14/c1-9-18(2)29(42)32(43)48-31-30(46-17-38)28(19(3)36-25(49-36)12-22(35(31,36)7)21-10-11-45-15-21)34(6,23-13-27(41)50-33(23,5)16-37)24(47-20(4)39)14-26(40)44-8/h10-11,15,17-18,22-25,28-31,37,42H,3,9,12-14,16H2,1-2,4-8H3. The number of hydrogen-bond acceptors (Lipinski definition) is 14. The molecule has 0 amide bonds. The molecule has 1 spiro atoms. The molecule has 3 heterocycles. The average Bonchev–Trinajstić information content (AvgIpc) is 3.31. The van der Waals surface area contributed by atoms with E-state index in [1.807, 2.05) is 13.8 Å². The molecule has 276 valence electrons. The lowest BCUT2D eigenvalue weighted by Crippen LogP contribution is -2.68. The van der Waals surface area contributed by atoms with Crippen LogP contribution in [0.25, 0.3) is 0 Å². The smallest absolute Gasteiger partial charge is 0.335 e. The topological polar surface area (TPSA) is 198 Å². The zero-order valence-electron chi connectivity index (χ0n) is 29.5. The summed E-state index contributed by atoms with van der Waals surface area (Å²) in [7, 11) is 1.17. The van der Waals surface area contributed by atoms with Crippen LogP contribution in [0.5, 0.6) is 0 Å². The minimum absolute atomic E-state index is 0.203. The molecule has 13 unspecified atom stereocenters. The van der Waals surface area contributed by atoms with Crippen LogP contribution in [0.3, 0.4) is 0 Å². The summed E-state index contributed by atoms with van der Waals surface area (Å²) >= 11 is 0. The molecule has 2 aliphatic heterocycles. The van der Waals surface area contributed by atoms with Gasteiger partial charge in [-0.2, -0.15) is 0 Å². The number of furan rings is 1. The number of rotatable bonds is 14. The van der Waals surface area contributed by atoms with Crippen molar-refractivity contribution in [3.63, 3.8) is 0 Å². The van der Waals surface area contributed by atoms with Crippen molar-refractivity contribution in [2.24, 2.45) is 28.6 Å². The second-order valence-corrected chi connectivity index (χ2v) is 14.8. The molecule has 4 aliphatic rings. The molecule has 50 heavy (non-hydrogen) atoms. The molecule has 2 N–H and O–H groups in total. The van der Waals surface area contributed by atoms with Crippen LogP contribution in [0.2, 0.25) is 0 Å². The lowest BCUT2D eigenvalue weighted by atomic mass is 9.47. The summed E-state index contributed by atoms with van der Waals surface area (Å²) in [6, 6.07) is 1.79. The summed E-state index contributed by atoms with van der Waals surface area (Å²) in [5, 5.41) is 21.7. The Morgan fingerprint density at radius 1 is 1.26 bits per heavy atom. The van der Waals surface area contributed by atoms with Gasteiger partial charge < -0.3 is 43.1 Å². The van der Waals surface area contributed by atoms with Crippen LogP contribution >= 0.6 is 0 Å². The number of carbonyl (C=O) groups is 5. The fourth-order valence-corrected chi connectivity index (χ4v) is 9.56. The van der Waals surface area contributed by atoms with Crippen molar-refractivity contribution in [2.45, 2.75) is 115 Å². The average molecular weight is 705 g/mol. The Kier molecular flexibility index (Phi) is 10.1. The molecule has 1 aromatic heterocycles. The second-order valence-electron chi connectivity index (χ2n) is 14.8. The summed E-state index contributed by atoms with van der Waals surface area (Å²) in [6.45, 7) is 13.8. The lowest BCUT2D eigenvalue weighted by Gasteiger charge is -2.59. The highest BCUT2D eigenvalue weighted by Gasteiger charge is 2.85. The molecular formula is C36H48O14. The van der Waals surface area contributed by atoms with Crippen LogP contribution in [0, 0.1) is 28.6 Å². The molecule has 0 aromatic carbocycles. The third kappa shape index (κ3) is 5.54. The van der Waals surface area contributed by atoms with Gasteiger partial charge in [-0.3, -0.25) is 19.2 Å². The first-order valence-electron chi connectivity index (χ1n) is 16.9. The van der Waals surface area contributed by atoms with Crippen LogP contribution in [-0.4, -0.2) is 96.0 Å². The van der Waals surface area contributed by atoms with Crippen molar-refractivity contribution in [3.05, 3.63) is 36.3 Å². The SMILES string of the molecule is C=C1C(C(C)(C(CC(=O)OC)OC(C)=O)C2CC(=O)OC2(C)CO)C(OC=O)C(OC(=O)C(O)C(C)CC)C2(C)C(c3ccoc3)CC3OC132. The van der Waals surface area contributed by atoms with Crippen molar-refractivity contribution in [3.8, 4) is 0 Å². The normalized spacial score (nSPS) is 37.2. The highest BCUT2D eigenvalue weighted by molar-refractivity contribution is 5.76. The predicted molar refractivity (Wildman–Crippen MR) is 171 cm³/mol. The number of epoxide rings is 1. The van der Waals surface area contributed by atoms with Gasteiger partial charge in [-0.05, 0) is 36.5 Å². The summed E-state index contributed by atoms with van der Waals surface area (Å²) in [5.74, 6) is -6.13. The molecule has 2 saturated heterocycles. The molecule has 14 heteroatoms. The van der Waals surface area contributed by atoms with E-state index in [2.05, 4.69) is 6.58 Å². The number of ether oxygens (including phenoxy) is 6. The summed E-state index contributed by atoms with van der Waals surface area (Å²) in [6.07, 6.45) is -2.87. The van der Waals surface area contributed by atoms with Gasteiger partial charge in [0.05, 0.1) is 50.6 Å². The van der Waals surface area contributed by atoms with E-state index in [-0.39, 0.29) is 18.8 Å². The molecular weight excluding hydrogens is 656 g/mol. The van der Waals surface area contributed by atoms with Crippen LogP contribution in [0.4, 0.5) is 0 Å². The second kappa shape index (κ2) is 13.4. The Balaban J connectivity index is 1.79. The minimum Gasteiger partial charge on any atom is -0.472 e. The fourth-order valence-electron chi connectivity index (χ4n) is 9.56. The van der Waals surface area contributed by atoms with E-state index in [0.29, 0.717) is 18.4 Å². The Hall–Kier alpha value is -3.75. The zero-order chi connectivity index (χ0) is 37.0. The van der Waals surface area contributed by atoms with Crippen molar-refractivity contribution < 1.29 is 67.0 Å². The van der Waals surface area contributed by atoms with Crippen LogP contribution in [0.15, 0.2) is 35.2 Å². The van der Waals surface area contributed by atoms with Gasteiger partial charge in [0.25, 0.3) is 6.47 Å². The van der Waals surface area contributed by atoms with E-state index in [9.17, 15) is 34.2 Å². The van der Waals surface area contributed by atoms with Gasteiger partial charge in [0.2, 0.25) is 0 Å². The number of carbonyl (C=O) groups excluding carboxylic acids is 5. The van der Waals surface area contributed by atoms with Crippen molar-refractivity contribution in [2.75, 3.05) is 13.7 Å². The van der Waals surface area contributed by atoms with Gasteiger partial charge in [0, 0.05) is 30.1 Å². The third-order valence-corrected chi connectivity index (χ3v) is 12.4. The number of hydrogen-bond donors (Lipinski definition) is 2. The van der Waals surface area contributed by atoms with Crippen molar-refractivity contribution in [1.82, 2.24) is 0 Å². The van der Waals surface area contributed by atoms with Gasteiger partial charge in [-0.1, -0.05) is 40.7 Å². The first-order valence-corrected chi connectivity index (χ1v) is 16.9. The predicted octanol–water partition coefficient (Wildman–Crippen LogP) is 2.77. The molecule has 5 rings (SSSR count). The minimum atomic E-state index is -1.62. The van der Waals surface area contributed by atoms with Crippen molar-refractivity contribution >= 4 is 30.3 Å².